The minimum absolute atomic E-state index is 0.0116. The SMILES string of the molecule is CC1OCCC1N(C)C(=O)N1CSCC1C(=O)O. The predicted molar refractivity (Wildman–Crippen MR) is 67.6 cm³/mol. The van der Waals surface area contributed by atoms with Crippen LogP contribution in [0.15, 0.2) is 0 Å². The first-order valence-corrected chi connectivity index (χ1v) is 7.13. The van der Waals surface area contributed by atoms with Crippen molar-refractivity contribution in [3.8, 4) is 0 Å². The summed E-state index contributed by atoms with van der Waals surface area (Å²) in [7, 11) is 1.72. The minimum Gasteiger partial charge on any atom is -0.480 e. The highest BCUT2D eigenvalue weighted by molar-refractivity contribution is 7.99. The van der Waals surface area contributed by atoms with E-state index < -0.39 is 12.0 Å². The van der Waals surface area contributed by atoms with Crippen LogP contribution < -0.4 is 0 Å². The molecule has 2 saturated heterocycles. The standard InChI is InChI=1S/C11H18N2O4S/c1-7-8(3-4-17-7)12(2)11(16)13-6-18-5-9(13)10(14)15/h7-9H,3-6H2,1-2H3,(H,14,15). The number of nitrogens with zero attached hydrogens (tertiary/aromatic N) is 2. The molecule has 2 amide bonds. The van der Waals surface area contributed by atoms with Gasteiger partial charge in [0.15, 0.2) is 0 Å². The first-order chi connectivity index (χ1) is 8.52. The van der Waals surface area contributed by atoms with Crippen LogP contribution in [0.5, 0.6) is 0 Å². The normalized spacial score (nSPS) is 31.7. The maximum Gasteiger partial charge on any atom is 0.327 e. The number of carboxylic acid groups (broad SMARTS) is 1. The van der Waals surface area contributed by atoms with Crippen LogP contribution in [0, 0.1) is 0 Å². The number of carboxylic acids is 1. The Morgan fingerprint density at radius 2 is 2.22 bits per heavy atom. The van der Waals surface area contributed by atoms with E-state index in [0.717, 1.165) is 6.42 Å². The molecule has 1 N–H and O–H groups in total. The van der Waals surface area contributed by atoms with E-state index in [2.05, 4.69) is 0 Å². The highest BCUT2D eigenvalue weighted by Crippen LogP contribution is 2.25. The molecule has 0 aromatic heterocycles. The molecular formula is C11H18N2O4S. The third kappa shape index (κ3) is 2.42. The van der Waals surface area contributed by atoms with Crippen molar-refractivity contribution in [3.05, 3.63) is 0 Å². The van der Waals surface area contributed by atoms with E-state index in [1.807, 2.05) is 6.92 Å². The van der Waals surface area contributed by atoms with Crippen LogP contribution in [0.25, 0.3) is 0 Å². The van der Waals surface area contributed by atoms with Gasteiger partial charge in [-0.1, -0.05) is 0 Å². The molecule has 2 heterocycles. The molecule has 2 rings (SSSR count). The Hall–Kier alpha value is -0.950. The van der Waals surface area contributed by atoms with Crippen molar-refractivity contribution < 1.29 is 19.4 Å². The molecular weight excluding hydrogens is 256 g/mol. The van der Waals surface area contributed by atoms with E-state index in [1.165, 1.54) is 16.7 Å². The van der Waals surface area contributed by atoms with Gasteiger partial charge in [0.05, 0.1) is 18.0 Å². The topological polar surface area (TPSA) is 70.1 Å². The van der Waals surface area contributed by atoms with Gasteiger partial charge >= 0.3 is 12.0 Å². The second kappa shape index (κ2) is 5.36. The van der Waals surface area contributed by atoms with E-state index in [1.54, 1.807) is 11.9 Å². The maximum absolute atomic E-state index is 12.3. The Morgan fingerprint density at radius 3 is 2.78 bits per heavy atom. The van der Waals surface area contributed by atoms with E-state index in [0.29, 0.717) is 18.2 Å². The molecule has 0 aromatic rings. The van der Waals surface area contributed by atoms with Crippen molar-refractivity contribution in [2.24, 2.45) is 0 Å². The number of aliphatic carboxylic acids is 1. The second-order valence-corrected chi connectivity index (χ2v) is 5.65. The zero-order valence-electron chi connectivity index (χ0n) is 10.5. The van der Waals surface area contributed by atoms with Gasteiger partial charge in [-0.25, -0.2) is 9.59 Å². The van der Waals surface area contributed by atoms with Gasteiger partial charge in [-0.2, -0.15) is 0 Å². The molecule has 7 heteroatoms. The Morgan fingerprint density at radius 1 is 1.50 bits per heavy atom. The van der Waals surface area contributed by atoms with Crippen LogP contribution in [0.3, 0.4) is 0 Å². The van der Waals surface area contributed by atoms with Crippen molar-refractivity contribution in [1.82, 2.24) is 9.80 Å². The Bertz CT molecular complexity index is 352. The van der Waals surface area contributed by atoms with E-state index in [4.69, 9.17) is 9.84 Å². The second-order valence-electron chi connectivity index (χ2n) is 4.65. The van der Waals surface area contributed by atoms with E-state index in [9.17, 15) is 9.59 Å². The highest BCUT2D eigenvalue weighted by Gasteiger charge is 2.39. The number of thioether (sulfide) groups is 1. The van der Waals surface area contributed by atoms with Gasteiger partial charge < -0.3 is 19.6 Å². The average Bonchev–Trinajstić information content (AvgIpc) is 2.95. The Balaban J connectivity index is 2.04. The van der Waals surface area contributed by atoms with Gasteiger partial charge in [0.25, 0.3) is 0 Å². The maximum atomic E-state index is 12.3. The molecule has 3 atom stereocenters. The molecule has 6 nitrogen and oxygen atoms in total. The number of ether oxygens (including phenoxy) is 1. The minimum atomic E-state index is -0.933. The number of carbonyl (C=O) groups is 2. The first-order valence-electron chi connectivity index (χ1n) is 5.98. The predicted octanol–water partition coefficient (Wildman–Crippen LogP) is 0.675. The Labute approximate surface area is 110 Å². The molecule has 102 valence electrons. The van der Waals surface area contributed by atoms with Gasteiger partial charge in [-0.05, 0) is 13.3 Å². The van der Waals surface area contributed by atoms with Crippen molar-refractivity contribution >= 4 is 23.8 Å². The summed E-state index contributed by atoms with van der Waals surface area (Å²) in [6.07, 6.45) is 0.819. The number of rotatable bonds is 2. The summed E-state index contributed by atoms with van der Waals surface area (Å²) < 4.78 is 5.44. The van der Waals surface area contributed by atoms with Gasteiger partial charge in [-0.15, -0.1) is 11.8 Å². The number of likely N-dealkylation sites (N-methyl/N-ethyl adjacent to an activating group) is 1. The van der Waals surface area contributed by atoms with E-state index >= 15 is 0 Å². The third-order valence-corrected chi connectivity index (χ3v) is 4.56. The molecule has 0 radical (unpaired) electrons. The largest absolute Gasteiger partial charge is 0.480 e. The fourth-order valence-corrected chi connectivity index (χ4v) is 3.55. The van der Waals surface area contributed by atoms with Crippen molar-refractivity contribution in [2.45, 2.75) is 31.5 Å². The lowest BCUT2D eigenvalue weighted by Crippen LogP contribution is -2.51. The smallest absolute Gasteiger partial charge is 0.327 e. The monoisotopic (exact) mass is 274 g/mol. The quantitative estimate of drug-likeness (QED) is 0.801. The molecule has 2 aliphatic heterocycles. The van der Waals surface area contributed by atoms with Crippen LogP contribution in [0.1, 0.15) is 13.3 Å². The van der Waals surface area contributed by atoms with Crippen LogP contribution in [0.4, 0.5) is 4.79 Å². The lowest BCUT2D eigenvalue weighted by Gasteiger charge is -2.32. The number of urea groups is 1. The number of hydrogen-bond acceptors (Lipinski definition) is 4. The third-order valence-electron chi connectivity index (χ3n) is 3.55. The molecule has 2 aliphatic rings. The molecule has 0 aromatic carbocycles. The summed E-state index contributed by atoms with van der Waals surface area (Å²) in [5, 5.41) is 9.08. The molecule has 0 saturated carbocycles. The fourth-order valence-electron chi connectivity index (χ4n) is 2.41. The van der Waals surface area contributed by atoms with Crippen LogP contribution in [0.2, 0.25) is 0 Å². The molecule has 3 unspecified atom stereocenters. The van der Waals surface area contributed by atoms with Crippen molar-refractivity contribution in [3.63, 3.8) is 0 Å². The van der Waals surface area contributed by atoms with Crippen LogP contribution >= 0.6 is 11.8 Å². The average molecular weight is 274 g/mol. The van der Waals surface area contributed by atoms with Gasteiger partial charge in [-0.3, -0.25) is 0 Å². The van der Waals surface area contributed by atoms with Crippen molar-refractivity contribution in [2.75, 3.05) is 25.3 Å². The molecule has 0 bridgehead atoms. The zero-order valence-corrected chi connectivity index (χ0v) is 11.4. The lowest BCUT2D eigenvalue weighted by molar-refractivity contribution is -0.141. The molecule has 18 heavy (non-hydrogen) atoms. The fraction of sp³-hybridized carbons (Fsp3) is 0.818. The highest BCUT2D eigenvalue weighted by atomic mass is 32.2. The number of carbonyl (C=O) groups excluding carboxylic acids is 1. The first kappa shape index (κ1) is 13.5. The molecule has 0 spiro atoms. The van der Waals surface area contributed by atoms with Crippen LogP contribution in [-0.4, -0.2) is 70.4 Å². The number of amides is 2. The zero-order chi connectivity index (χ0) is 13.3. The summed E-state index contributed by atoms with van der Waals surface area (Å²) in [5.41, 5.74) is 0. The number of hydrogen-bond donors (Lipinski definition) is 1. The van der Waals surface area contributed by atoms with Gasteiger partial charge in [0.2, 0.25) is 0 Å². The van der Waals surface area contributed by atoms with Crippen LogP contribution in [-0.2, 0) is 9.53 Å². The summed E-state index contributed by atoms with van der Waals surface area (Å²) in [6.45, 7) is 2.59. The summed E-state index contributed by atoms with van der Waals surface area (Å²) in [5.74, 6) is -0.0224. The Kier molecular flexibility index (Phi) is 4.01. The van der Waals surface area contributed by atoms with Gasteiger partial charge in [0.1, 0.15) is 6.04 Å². The van der Waals surface area contributed by atoms with Gasteiger partial charge in [0, 0.05) is 19.4 Å². The molecule has 0 aliphatic carbocycles. The molecule has 2 fully saturated rings. The van der Waals surface area contributed by atoms with Crippen molar-refractivity contribution in [1.29, 1.82) is 0 Å². The summed E-state index contributed by atoms with van der Waals surface area (Å²) in [6, 6.07) is -0.880. The summed E-state index contributed by atoms with van der Waals surface area (Å²) >= 11 is 1.47. The summed E-state index contributed by atoms with van der Waals surface area (Å²) in [4.78, 5) is 26.4. The lowest BCUT2D eigenvalue weighted by atomic mass is 10.1. The van der Waals surface area contributed by atoms with E-state index in [-0.39, 0.29) is 18.2 Å².